The van der Waals surface area contributed by atoms with Crippen LogP contribution in [0.4, 0.5) is 0 Å². The molecule has 2 aromatic rings. The van der Waals surface area contributed by atoms with Gasteiger partial charge in [-0.1, -0.05) is 6.92 Å². The van der Waals surface area contributed by atoms with Crippen LogP contribution in [0.25, 0.3) is 0 Å². The van der Waals surface area contributed by atoms with E-state index in [2.05, 4.69) is 18.4 Å². The van der Waals surface area contributed by atoms with E-state index in [0.717, 1.165) is 23.5 Å². The summed E-state index contributed by atoms with van der Waals surface area (Å²) in [5, 5.41) is 2.09. The molecule has 2 rings (SSSR count). The number of aryl methyl sites for hydroxylation is 1. The van der Waals surface area contributed by atoms with E-state index in [9.17, 15) is 0 Å². The summed E-state index contributed by atoms with van der Waals surface area (Å²) in [4.78, 5) is 1.21. The zero-order valence-corrected chi connectivity index (χ0v) is 12.3. The van der Waals surface area contributed by atoms with Crippen molar-refractivity contribution in [1.82, 2.24) is 0 Å². The minimum Gasteiger partial charge on any atom is -0.497 e. The van der Waals surface area contributed by atoms with Crippen molar-refractivity contribution >= 4 is 11.3 Å². The van der Waals surface area contributed by atoms with Crippen LogP contribution in [0, 0.1) is 0 Å². The molecule has 4 heteroatoms. The summed E-state index contributed by atoms with van der Waals surface area (Å²) in [6.07, 6.45) is 0.994. The van der Waals surface area contributed by atoms with Crippen LogP contribution in [0.1, 0.15) is 29.0 Å². The third kappa shape index (κ3) is 2.91. The Morgan fingerprint density at radius 3 is 2.32 bits per heavy atom. The highest BCUT2D eigenvalue weighted by atomic mass is 32.1. The van der Waals surface area contributed by atoms with Gasteiger partial charge in [0.1, 0.15) is 11.5 Å². The number of hydrogen-bond donors (Lipinski definition) is 1. The second-order valence-electron chi connectivity index (χ2n) is 4.29. The van der Waals surface area contributed by atoms with Crippen LogP contribution in [0.2, 0.25) is 0 Å². The van der Waals surface area contributed by atoms with Crippen molar-refractivity contribution in [2.45, 2.75) is 19.4 Å². The average molecular weight is 277 g/mol. The van der Waals surface area contributed by atoms with Gasteiger partial charge in [0.05, 0.1) is 20.3 Å². The van der Waals surface area contributed by atoms with Gasteiger partial charge < -0.3 is 15.2 Å². The Bertz CT molecular complexity index is 529. The number of benzene rings is 1. The second kappa shape index (κ2) is 6.08. The standard InChI is InChI=1S/C15H19NO2S/c1-4-10-5-6-19-15(10)14(16)11-7-12(17-2)9-13(8-11)18-3/h5-9,14H,4,16H2,1-3H3. The number of hydrogen-bond acceptors (Lipinski definition) is 4. The lowest BCUT2D eigenvalue weighted by molar-refractivity contribution is 0.393. The van der Waals surface area contributed by atoms with E-state index in [-0.39, 0.29) is 6.04 Å². The lowest BCUT2D eigenvalue weighted by Gasteiger charge is -2.15. The van der Waals surface area contributed by atoms with Gasteiger partial charge >= 0.3 is 0 Å². The van der Waals surface area contributed by atoms with Crippen LogP contribution in [-0.4, -0.2) is 14.2 Å². The van der Waals surface area contributed by atoms with E-state index < -0.39 is 0 Å². The summed E-state index contributed by atoms with van der Waals surface area (Å²) in [6.45, 7) is 2.14. The molecule has 3 nitrogen and oxygen atoms in total. The Labute approximate surface area is 118 Å². The predicted molar refractivity (Wildman–Crippen MR) is 79.3 cm³/mol. The van der Waals surface area contributed by atoms with Gasteiger partial charge in [0.2, 0.25) is 0 Å². The number of thiophene rings is 1. The number of rotatable bonds is 5. The molecule has 2 N–H and O–H groups in total. The van der Waals surface area contributed by atoms with E-state index in [4.69, 9.17) is 15.2 Å². The molecule has 0 bridgehead atoms. The maximum atomic E-state index is 6.38. The lowest BCUT2D eigenvalue weighted by Crippen LogP contribution is -2.12. The maximum absolute atomic E-state index is 6.38. The highest BCUT2D eigenvalue weighted by molar-refractivity contribution is 7.10. The van der Waals surface area contributed by atoms with Gasteiger partial charge in [-0.15, -0.1) is 11.3 Å². The van der Waals surface area contributed by atoms with Crippen molar-refractivity contribution < 1.29 is 9.47 Å². The molecule has 0 spiro atoms. The fraction of sp³-hybridized carbons (Fsp3) is 0.333. The summed E-state index contributed by atoms with van der Waals surface area (Å²) in [7, 11) is 3.29. The highest BCUT2D eigenvalue weighted by Crippen LogP contribution is 2.32. The topological polar surface area (TPSA) is 44.5 Å². The van der Waals surface area contributed by atoms with Gasteiger partial charge in [-0.2, -0.15) is 0 Å². The first kappa shape index (κ1) is 13.9. The van der Waals surface area contributed by atoms with Crippen LogP contribution in [0.3, 0.4) is 0 Å². The number of nitrogens with two attached hydrogens (primary N) is 1. The van der Waals surface area contributed by atoms with Gasteiger partial charge in [0.15, 0.2) is 0 Å². The zero-order chi connectivity index (χ0) is 13.8. The summed E-state index contributed by atoms with van der Waals surface area (Å²) in [5.41, 5.74) is 8.70. The van der Waals surface area contributed by atoms with Crippen molar-refractivity contribution in [3.63, 3.8) is 0 Å². The fourth-order valence-corrected chi connectivity index (χ4v) is 3.10. The molecule has 0 saturated heterocycles. The number of methoxy groups -OCH3 is 2. The molecule has 1 unspecified atom stereocenters. The fourth-order valence-electron chi connectivity index (χ4n) is 2.07. The number of ether oxygens (including phenoxy) is 2. The Morgan fingerprint density at radius 2 is 1.79 bits per heavy atom. The molecule has 0 amide bonds. The van der Waals surface area contributed by atoms with Crippen molar-refractivity contribution in [2.75, 3.05) is 14.2 Å². The van der Waals surface area contributed by atoms with Crippen molar-refractivity contribution in [2.24, 2.45) is 5.73 Å². The third-order valence-corrected chi connectivity index (χ3v) is 4.22. The first-order valence-corrected chi connectivity index (χ1v) is 7.12. The largest absolute Gasteiger partial charge is 0.497 e. The molecule has 102 valence electrons. The zero-order valence-electron chi connectivity index (χ0n) is 11.5. The van der Waals surface area contributed by atoms with Crippen LogP contribution in [0.5, 0.6) is 11.5 Å². The Kier molecular flexibility index (Phi) is 4.45. The van der Waals surface area contributed by atoms with Crippen molar-refractivity contribution in [1.29, 1.82) is 0 Å². The Hall–Kier alpha value is -1.52. The second-order valence-corrected chi connectivity index (χ2v) is 5.24. The molecule has 1 aromatic heterocycles. The molecule has 1 aromatic carbocycles. The molecular formula is C15H19NO2S. The SMILES string of the molecule is CCc1ccsc1C(N)c1cc(OC)cc(OC)c1. The van der Waals surface area contributed by atoms with E-state index >= 15 is 0 Å². The highest BCUT2D eigenvalue weighted by Gasteiger charge is 2.16. The van der Waals surface area contributed by atoms with Gasteiger partial charge in [-0.3, -0.25) is 0 Å². The van der Waals surface area contributed by atoms with E-state index in [1.54, 1.807) is 25.6 Å². The Balaban J connectivity index is 2.40. The quantitative estimate of drug-likeness (QED) is 0.911. The molecule has 1 heterocycles. The van der Waals surface area contributed by atoms with E-state index in [1.807, 2.05) is 18.2 Å². The summed E-state index contributed by atoms with van der Waals surface area (Å²) < 4.78 is 10.6. The predicted octanol–water partition coefficient (Wildman–Crippen LogP) is 3.38. The summed E-state index contributed by atoms with van der Waals surface area (Å²) in [5.74, 6) is 1.53. The van der Waals surface area contributed by atoms with Gasteiger partial charge in [-0.25, -0.2) is 0 Å². The van der Waals surface area contributed by atoms with E-state index in [0.29, 0.717) is 0 Å². The monoisotopic (exact) mass is 277 g/mol. The molecule has 0 radical (unpaired) electrons. The minimum absolute atomic E-state index is 0.140. The van der Waals surface area contributed by atoms with Gasteiger partial charge in [-0.05, 0) is 41.1 Å². The molecule has 1 atom stereocenters. The Morgan fingerprint density at radius 1 is 1.16 bits per heavy atom. The molecule has 0 aliphatic heterocycles. The summed E-state index contributed by atoms with van der Waals surface area (Å²) in [6, 6.07) is 7.78. The lowest BCUT2D eigenvalue weighted by atomic mass is 10.0. The van der Waals surface area contributed by atoms with Crippen LogP contribution in [-0.2, 0) is 6.42 Å². The molecule has 0 aliphatic carbocycles. The van der Waals surface area contributed by atoms with Crippen molar-refractivity contribution in [3.8, 4) is 11.5 Å². The van der Waals surface area contributed by atoms with Gasteiger partial charge in [0.25, 0.3) is 0 Å². The molecule has 19 heavy (non-hydrogen) atoms. The minimum atomic E-state index is -0.140. The molecule has 0 aliphatic rings. The molecular weight excluding hydrogens is 258 g/mol. The first-order valence-electron chi connectivity index (χ1n) is 6.24. The maximum Gasteiger partial charge on any atom is 0.122 e. The van der Waals surface area contributed by atoms with Gasteiger partial charge in [0, 0.05) is 10.9 Å². The van der Waals surface area contributed by atoms with E-state index in [1.165, 1.54) is 10.4 Å². The normalized spacial score (nSPS) is 12.2. The van der Waals surface area contributed by atoms with Crippen LogP contribution < -0.4 is 15.2 Å². The molecule has 0 fully saturated rings. The van der Waals surface area contributed by atoms with Crippen LogP contribution >= 0.6 is 11.3 Å². The average Bonchev–Trinajstić information content (AvgIpc) is 2.94. The third-order valence-electron chi connectivity index (χ3n) is 3.18. The van der Waals surface area contributed by atoms with Crippen LogP contribution in [0.15, 0.2) is 29.6 Å². The summed E-state index contributed by atoms with van der Waals surface area (Å²) >= 11 is 1.70. The smallest absolute Gasteiger partial charge is 0.122 e. The molecule has 0 saturated carbocycles. The first-order chi connectivity index (χ1) is 9.19. The van der Waals surface area contributed by atoms with Crippen molar-refractivity contribution in [3.05, 3.63) is 45.6 Å².